The molecule has 1 fully saturated rings. The average Bonchev–Trinajstić information content (AvgIpc) is 3.42. The van der Waals surface area contributed by atoms with Crippen LogP contribution < -0.4 is 15.0 Å². The van der Waals surface area contributed by atoms with Crippen LogP contribution in [0.25, 0.3) is 22.3 Å². The second-order valence-corrected chi connectivity index (χ2v) is 9.51. The van der Waals surface area contributed by atoms with Crippen LogP contribution in [-0.4, -0.2) is 32.7 Å². The van der Waals surface area contributed by atoms with Crippen LogP contribution in [0.15, 0.2) is 23.0 Å². The second-order valence-electron chi connectivity index (χ2n) is 9.51. The standard InChI is InChI=1S/C25H24N2O5/c1-2-25(30)16-8-18-23-15(10-27(18)24(29)13(16)7-21(25)28)22(12-4-3-5-12)14-6-19-20(32-11-31-19)9-17(14)26-23/h6,8-9,12,21,28,30H,2-5,7,10-11H2,1H3/t21?,25-/m0/s1. The van der Waals surface area contributed by atoms with E-state index < -0.39 is 11.7 Å². The third kappa shape index (κ3) is 2.18. The monoisotopic (exact) mass is 432 g/mol. The maximum Gasteiger partial charge on any atom is 0.255 e. The lowest BCUT2D eigenvalue weighted by Crippen LogP contribution is -2.35. The first-order chi connectivity index (χ1) is 15.5. The molecule has 3 aromatic rings. The van der Waals surface area contributed by atoms with Crippen molar-refractivity contribution in [1.82, 2.24) is 9.55 Å². The average molecular weight is 432 g/mol. The number of aromatic nitrogens is 2. The summed E-state index contributed by atoms with van der Waals surface area (Å²) in [5, 5.41) is 22.7. The molecule has 0 saturated heterocycles. The van der Waals surface area contributed by atoms with Crippen molar-refractivity contribution >= 4 is 10.9 Å². The largest absolute Gasteiger partial charge is 0.454 e. The molecule has 0 spiro atoms. The van der Waals surface area contributed by atoms with E-state index in [1.807, 2.05) is 25.1 Å². The minimum Gasteiger partial charge on any atom is -0.454 e. The Bertz CT molecular complexity index is 1390. The molecule has 2 N–H and O–H groups in total. The van der Waals surface area contributed by atoms with Gasteiger partial charge in [-0.3, -0.25) is 4.79 Å². The Balaban J connectivity index is 1.52. The highest BCUT2D eigenvalue weighted by atomic mass is 16.7. The number of benzene rings is 1. The smallest absolute Gasteiger partial charge is 0.255 e. The van der Waals surface area contributed by atoms with Gasteiger partial charge in [-0.15, -0.1) is 0 Å². The van der Waals surface area contributed by atoms with E-state index in [4.69, 9.17) is 14.5 Å². The minimum absolute atomic E-state index is 0.128. The fourth-order valence-corrected chi connectivity index (χ4v) is 6.00. The van der Waals surface area contributed by atoms with Crippen molar-refractivity contribution in [3.63, 3.8) is 0 Å². The van der Waals surface area contributed by atoms with Crippen molar-refractivity contribution in [2.45, 2.75) is 63.2 Å². The van der Waals surface area contributed by atoms with E-state index in [-0.39, 0.29) is 18.8 Å². The molecule has 1 unspecified atom stereocenters. The second kappa shape index (κ2) is 6.11. The SMILES string of the molecule is CC[C@]1(O)c2cc3n(c(=O)c2CC1O)Cc1c-3nc2cc3c(cc2c1C1CCC1)OCO3. The number of ether oxygens (including phenoxy) is 2. The van der Waals surface area contributed by atoms with E-state index in [1.165, 1.54) is 12.0 Å². The summed E-state index contributed by atoms with van der Waals surface area (Å²) in [4.78, 5) is 18.5. The fourth-order valence-electron chi connectivity index (χ4n) is 6.00. The van der Waals surface area contributed by atoms with Crippen LogP contribution in [0.4, 0.5) is 0 Å². The molecule has 4 aliphatic rings. The maximum absolute atomic E-state index is 13.5. The van der Waals surface area contributed by atoms with Gasteiger partial charge in [-0.1, -0.05) is 13.3 Å². The number of rotatable bonds is 2. The van der Waals surface area contributed by atoms with Crippen molar-refractivity contribution in [3.05, 3.63) is 50.8 Å². The summed E-state index contributed by atoms with van der Waals surface area (Å²) in [6.45, 7) is 2.52. The topological polar surface area (TPSA) is 93.8 Å². The highest BCUT2D eigenvalue weighted by Gasteiger charge is 2.46. The van der Waals surface area contributed by atoms with Gasteiger partial charge in [0.1, 0.15) is 5.60 Å². The molecule has 164 valence electrons. The molecule has 2 atom stereocenters. The van der Waals surface area contributed by atoms with Gasteiger partial charge in [0.25, 0.3) is 5.56 Å². The summed E-state index contributed by atoms with van der Waals surface area (Å²) < 4.78 is 13.0. The lowest BCUT2D eigenvalue weighted by molar-refractivity contribution is -0.0699. The van der Waals surface area contributed by atoms with E-state index in [2.05, 4.69) is 0 Å². The molecule has 0 amide bonds. The van der Waals surface area contributed by atoms with Gasteiger partial charge in [0.05, 0.1) is 29.6 Å². The first-order valence-corrected chi connectivity index (χ1v) is 11.4. The number of hydrogen-bond acceptors (Lipinski definition) is 6. The van der Waals surface area contributed by atoms with E-state index in [9.17, 15) is 15.0 Å². The summed E-state index contributed by atoms with van der Waals surface area (Å²) in [6.07, 6.45) is 3.02. The predicted molar refractivity (Wildman–Crippen MR) is 117 cm³/mol. The molecular weight excluding hydrogens is 408 g/mol. The number of hydrogen-bond donors (Lipinski definition) is 2. The van der Waals surface area contributed by atoms with Crippen LogP contribution >= 0.6 is 0 Å². The lowest BCUT2D eigenvalue weighted by atomic mass is 9.76. The lowest BCUT2D eigenvalue weighted by Gasteiger charge is -2.29. The van der Waals surface area contributed by atoms with Gasteiger partial charge in [0, 0.05) is 29.0 Å². The molecule has 4 heterocycles. The number of nitrogens with zero attached hydrogens (tertiary/aromatic N) is 2. The van der Waals surface area contributed by atoms with E-state index in [1.54, 1.807) is 4.57 Å². The van der Waals surface area contributed by atoms with E-state index in [0.717, 1.165) is 46.4 Å². The Morgan fingerprint density at radius 1 is 1.19 bits per heavy atom. The number of aliphatic hydroxyl groups is 2. The highest BCUT2D eigenvalue weighted by Crippen LogP contribution is 2.49. The molecule has 0 radical (unpaired) electrons. The van der Waals surface area contributed by atoms with E-state index >= 15 is 0 Å². The Kier molecular flexibility index (Phi) is 3.56. The van der Waals surface area contributed by atoms with Gasteiger partial charge in [-0.05, 0) is 48.4 Å². The first-order valence-electron chi connectivity index (χ1n) is 11.4. The molecule has 32 heavy (non-hydrogen) atoms. The number of aliphatic hydroxyl groups excluding tert-OH is 1. The summed E-state index contributed by atoms with van der Waals surface area (Å²) in [5.74, 6) is 1.88. The van der Waals surface area contributed by atoms with Crippen LogP contribution in [0.1, 0.15) is 60.8 Å². The summed E-state index contributed by atoms with van der Waals surface area (Å²) in [6, 6.07) is 5.86. The first kappa shape index (κ1) is 18.7. The van der Waals surface area contributed by atoms with Crippen molar-refractivity contribution in [2.24, 2.45) is 0 Å². The van der Waals surface area contributed by atoms with Gasteiger partial charge in [0.2, 0.25) is 6.79 Å². The summed E-state index contributed by atoms with van der Waals surface area (Å²) in [5.41, 5.74) is 4.28. The van der Waals surface area contributed by atoms with Crippen molar-refractivity contribution in [2.75, 3.05) is 6.79 Å². The molecule has 2 aliphatic carbocycles. The third-order valence-corrected chi connectivity index (χ3v) is 8.05. The Morgan fingerprint density at radius 3 is 2.69 bits per heavy atom. The van der Waals surface area contributed by atoms with Crippen molar-refractivity contribution in [3.8, 4) is 22.9 Å². The zero-order valence-electron chi connectivity index (χ0n) is 17.9. The van der Waals surface area contributed by atoms with Crippen molar-refractivity contribution < 1.29 is 19.7 Å². The third-order valence-electron chi connectivity index (χ3n) is 8.05. The highest BCUT2D eigenvalue weighted by molar-refractivity contribution is 5.91. The van der Waals surface area contributed by atoms with Gasteiger partial charge in [-0.2, -0.15) is 0 Å². The Labute approximate surface area is 184 Å². The zero-order valence-corrected chi connectivity index (χ0v) is 17.9. The molecule has 7 heteroatoms. The van der Waals surface area contributed by atoms with Crippen LogP contribution in [0.5, 0.6) is 11.5 Å². The van der Waals surface area contributed by atoms with Gasteiger partial charge in [0.15, 0.2) is 11.5 Å². The molecule has 2 aliphatic heterocycles. The van der Waals surface area contributed by atoms with Gasteiger partial charge in [-0.25, -0.2) is 4.98 Å². The molecule has 7 nitrogen and oxygen atoms in total. The quantitative estimate of drug-likeness (QED) is 0.506. The predicted octanol–water partition coefficient (Wildman–Crippen LogP) is 2.94. The Hall–Kier alpha value is -2.90. The Morgan fingerprint density at radius 2 is 1.97 bits per heavy atom. The maximum atomic E-state index is 13.5. The molecule has 1 aromatic carbocycles. The molecule has 1 saturated carbocycles. The van der Waals surface area contributed by atoms with Crippen LogP contribution in [0, 0.1) is 0 Å². The molecule has 2 aromatic heterocycles. The number of pyridine rings is 2. The molecule has 7 rings (SSSR count). The van der Waals surface area contributed by atoms with Gasteiger partial charge < -0.3 is 24.3 Å². The minimum atomic E-state index is -1.40. The zero-order chi connectivity index (χ0) is 21.8. The van der Waals surface area contributed by atoms with Gasteiger partial charge >= 0.3 is 0 Å². The molecule has 0 bridgehead atoms. The molecular formula is C25H24N2O5. The van der Waals surface area contributed by atoms with E-state index in [0.29, 0.717) is 35.8 Å². The number of fused-ring (bicyclic) bond motifs is 6. The van der Waals surface area contributed by atoms with Crippen molar-refractivity contribution in [1.29, 1.82) is 0 Å². The van der Waals surface area contributed by atoms with Crippen LogP contribution in [0.2, 0.25) is 0 Å². The van der Waals surface area contributed by atoms with Crippen LogP contribution in [-0.2, 0) is 18.6 Å². The fraction of sp³-hybridized carbons (Fsp3) is 0.440. The van der Waals surface area contributed by atoms with Crippen LogP contribution in [0.3, 0.4) is 0 Å². The summed E-state index contributed by atoms with van der Waals surface area (Å²) in [7, 11) is 0. The normalized spacial score (nSPS) is 25.0. The summed E-state index contributed by atoms with van der Waals surface area (Å²) >= 11 is 0.